The number of carbonyl (C=O) groups excluding carboxylic acids is 1. The zero-order chi connectivity index (χ0) is 19.4. The number of nitrogens with zero attached hydrogens (tertiary/aromatic N) is 1. The van der Waals surface area contributed by atoms with Crippen LogP contribution in [0.3, 0.4) is 0 Å². The van der Waals surface area contributed by atoms with Crippen LogP contribution >= 0.6 is 11.6 Å². The van der Waals surface area contributed by atoms with Gasteiger partial charge in [-0.3, -0.25) is 9.78 Å². The second-order valence-corrected chi connectivity index (χ2v) is 6.71. The number of fused-ring (bicyclic) bond motifs is 1. The van der Waals surface area contributed by atoms with Crippen LogP contribution in [0.2, 0.25) is 5.02 Å². The van der Waals surface area contributed by atoms with Crippen LogP contribution in [-0.2, 0) is 21.7 Å². The second-order valence-electron chi connectivity index (χ2n) is 6.31. The largest absolute Gasteiger partial charge is 0.368 e. The fraction of sp³-hybridized carbons (Fsp3) is 0.300. The second kappa shape index (κ2) is 8.15. The molecule has 0 saturated carbocycles. The van der Waals surface area contributed by atoms with Crippen molar-refractivity contribution in [3.63, 3.8) is 0 Å². The molecule has 1 amide bonds. The SMILES string of the molecule is C=CCO[C@H]1CC[C@@](F)(C(=O)NCc2ccc(F)cc2Cl)c2cccnc21. The van der Waals surface area contributed by atoms with Crippen molar-refractivity contribution in [1.29, 1.82) is 0 Å². The van der Waals surface area contributed by atoms with Gasteiger partial charge in [-0.05, 0) is 36.6 Å². The Kier molecular flexibility index (Phi) is 5.87. The van der Waals surface area contributed by atoms with Gasteiger partial charge >= 0.3 is 0 Å². The molecule has 1 aromatic carbocycles. The minimum atomic E-state index is -2.22. The van der Waals surface area contributed by atoms with Crippen LogP contribution in [0.15, 0.2) is 49.2 Å². The van der Waals surface area contributed by atoms with E-state index in [1.165, 1.54) is 12.1 Å². The molecular weight excluding hydrogens is 374 g/mol. The zero-order valence-corrected chi connectivity index (χ0v) is 15.3. The molecular formula is C20H19ClF2N2O2. The summed E-state index contributed by atoms with van der Waals surface area (Å²) in [7, 11) is 0. The molecule has 142 valence electrons. The number of aromatic nitrogens is 1. The first-order chi connectivity index (χ1) is 13.0. The van der Waals surface area contributed by atoms with Gasteiger partial charge in [0.25, 0.3) is 5.91 Å². The maximum absolute atomic E-state index is 15.7. The first-order valence-corrected chi connectivity index (χ1v) is 8.92. The molecule has 0 unspecified atom stereocenters. The average Bonchev–Trinajstić information content (AvgIpc) is 2.67. The maximum atomic E-state index is 15.7. The third kappa shape index (κ3) is 4.01. The van der Waals surface area contributed by atoms with E-state index in [1.54, 1.807) is 24.4 Å². The van der Waals surface area contributed by atoms with Crippen LogP contribution in [0.4, 0.5) is 8.78 Å². The Hall–Kier alpha value is -2.31. The van der Waals surface area contributed by atoms with Crippen molar-refractivity contribution >= 4 is 17.5 Å². The summed E-state index contributed by atoms with van der Waals surface area (Å²) >= 11 is 5.96. The number of hydrogen-bond acceptors (Lipinski definition) is 3. The van der Waals surface area contributed by atoms with Gasteiger partial charge in [0.15, 0.2) is 0 Å². The Bertz CT molecular complexity index is 862. The Labute approximate surface area is 161 Å². The van der Waals surface area contributed by atoms with Crippen LogP contribution in [-0.4, -0.2) is 17.5 Å². The minimum absolute atomic E-state index is 0.00436. The lowest BCUT2D eigenvalue weighted by atomic mass is 9.80. The molecule has 0 bridgehead atoms. The van der Waals surface area contributed by atoms with Crippen LogP contribution in [0.25, 0.3) is 0 Å². The van der Waals surface area contributed by atoms with E-state index < -0.39 is 17.4 Å². The molecule has 1 N–H and O–H groups in total. The van der Waals surface area contributed by atoms with Crippen molar-refractivity contribution < 1.29 is 18.3 Å². The van der Waals surface area contributed by atoms with Gasteiger partial charge < -0.3 is 10.1 Å². The van der Waals surface area contributed by atoms with Crippen molar-refractivity contribution in [3.8, 4) is 0 Å². The summed E-state index contributed by atoms with van der Waals surface area (Å²) in [6.45, 7) is 3.92. The quantitative estimate of drug-likeness (QED) is 0.741. The monoisotopic (exact) mass is 392 g/mol. The van der Waals surface area contributed by atoms with Crippen LogP contribution in [0.1, 0.15) is 35.8 Å². The van der Waals surface area contributed by atoms with E-state index in [0.29, 0.717) is 24.3 Å². The molecule has 1 aromatic heterocycles. The van der Waals surface area contributed by atoms with E-state index in [1.807, 2.05) is 0 Å². The van der Waals surface area contributed by atoms with Gasteiger partial charge in [0.2, 0.25) is 5.67 Å². The van der Waals surface area contributed by atoms with E-state index in [-0.39, 0.29) is 29.7 Å². The highest BCUT2D eigenvalue weighted by atomic mass is 35.5. The number of carbonyl (C=O) groups is 1. The molecule has 1 aliphatic rings. The summed E-state index contributed by atoms with van der Waals surface area (Å²) in [4.78, 5) is 16.9. The number of benzene rings is 1. The third-order valence-corrected chi connectivity index (χ3v) is 4.90. The predicted molar refractivity (Wildman–Crippen MR) is 98.4 cm³/mol. The summed E-state index contributed by atoms with van der Waals surface area (Å²) in [5.41, 5.74) is -1.09. The van der Waals surface area contributed by atoms with Gasteiger partial charge in [-0.1, -0.05) is 29.8 Å². The summed E-state index contributed by atoms with van der Waals surface area (Å²) < 4.78 is 34.5. The standard InChI is InChI=1S/C20H19ClF2N2O2/c1-2-10-27-17-7-8-20(23,15-4-3-9-24-18(15)17)19(26)25-12-13-5-6-14(22)11-16(13)21/h2-6,9,11,17H,1,7-8,10,12H2,(H,25,26)/t17-,20-/m0/s1. The highest BCUT2D eigenvalue weighted by Crippen LogP contribution is 2.43. The van der Waals surface area contributed by atoms with Gasteiger partial charge in [-0.2, -0.15) is 0 Å². The maximum Gasteiger partial charge on any atom is 0.262 e. The molecule has 3 rings (SSSR count). The predicted octanol–water partition coefficient (Wildman–Crippen LogP) is 4.39. The fourth-order valence-electron chi connectivity index (χ4n) is 3.17. The molecule has 0 fully saturated rings. The van der Waals surface area contributed by atoms with Gasteiger partial charge in [-0.15, -0.1) is 6.58 Å². The van der Waals surface area contributed by atoms with Crippen molar-refractivity contribution in [3.05, 3.63) is 76.8 Å². The van der Waals surface area contributed by atoms with E-state index >= 15 is 4.39 Å². The smallest absolute Gasteiger partial charge is 0.262 e. The molecule has 0 aliphatic heterocycles. The number of pyridine rings is 1. The molecule has 0 saturated heterocycles. The number of nitrogens with one attached hydrogen (secondary N) is 1. The van der Waals surface area contributed by atoms with Crippen LogP contribution in [0, 0.1) is 5.82 Å². The Morgan fingerprint density at radius 3 is 3.04 bits per heavy atom. The third-order valence-electron chi connectivity index (χ3n) is 4.55. The molecule has 1 aliphatic carbocycles. The molecule has 0 radical (unpaired) electrons. The van der Waals surface area contributed by atoms with Crippen molar-refractivity contribution in [2.24, 2.45) is 0 Å². The molecule has 1 heterocycles. The number of rotatable bonds is 6. The zero-order valence-electron chi connectivity index (χ0n) is 14.6. The molecule has 27 heavy (non-hydrogen) atoms. The van der Waals surface area contributed by atoms with Crippen LogP contribution in [0.5, 0.6) is 0 Å². The van der Waals surface area contributed by atoms with E-state index in [4.69, 9.17) is 16.3 Å². The highest BCUT2D eigenvalue weighted by molar-refractivity contribution is 6.31. The van der Waals surface area contributed by atoms with Gasteiger partial charge in [0.05, 0.1) is 12.3 Å². The minimum Gasteiger partial charge on any atom is -0.368 e. The first-order valence-electron chi connectivity index (χ1n) is 8.54. The highest BCUT2D eigenvalue weighted by Gasteiger charge is 2.47. The molecule has 2 atom stereocenters. The lowest BCUT2D eigenvalue weighted by Crippen LogP contribution is -2.44. The van der Waals surface area contributed by atoms with Crippen molar-refractivity contribution in [2.45, 2.75) is 31.2 Å². The molecule has 0 spiro atoms. The number of halogens is 3. The summed E-state index contributed by atoms with van der Waals surface area (Å²) in [5, 5.41) is 2.74. The first kappa shape index (κ1) is 19.5. The topological polar surface area (TPSA) is 51.2 Å². The van der Waals surface area contributed by atoms with E-state index in [9.17, 15) is 9.18 Å². The van der Waals surface area contributed by atoms with Crippen molar-refractivity contribution in [2.75, 3.05) is 6.61 Å². The van der Waals surface area contributed by atoms with Gasteiger partial charge in [0, 0.05) is 23.3 Å². The average molecular weight is 393 g/mol. The summed E-state index contributed by atoms with van der Waals surface area (Å²) in [6.07, 6.45) is 3.06. The number of hydrogen-bond donors (Lipinski definition) is 1. The number of amides is 1. The van der Waals surface area contributed by atoms with E-state index in [2.05, 4.69) is 16.9 Å². The molecule has 7 heteroatoms. The lowest BCUT2D eigenvalue weighted by Gasteiger charge is -2.34. The fourth-order valence-corrected chi connectivity index (χ4v) is 3.41. The summed E-state index contributed by atoms with van der Waals surface area (Å²) in [5.74, 6) is -1.26. The lowest BCUT2D eigenvalue weighted by molar-refractivity contribution is -0.136. The molecule has 2 aromatic rings. The Morgan fingerprint density at radius 2 is 2.30 bits per heavy atom. The Balaban J connectivity index is 1.80. The molecule has 4 nitrogen and oxygen atoms in total. The van der Waals surface area contributed by atoms with Gasteiger partial charge in [-0.25, -0.2) is 8.78 Å². The van der Waals surface area contributed by atoms with Gasteiger partial charge in [0.1, 0.15) is 11.9 Å². The van der Waals surface area contributed by atoms with E-state index in [0.717, 1.165) is 6.07 Å². The van der Waals surface area contributed by atoms with Crippen LogP contribution < -0.4 is 5.32 Å². The Morgan fingerprint density at radius 1 is 1.48 bits per heavy atom. The van der Waals surface area contributed by atoms with Crippen molar-refractivity contribution in [1.82, 2.24) is 10.3 Å². The number of ether oxygens (including phenoxy) is 1. The summed E-state index contributed by atoms with van der Waals surface area (Å²) in [6, 6.07) is 6.98. The normalized spacial score (nSPS) is 21.4. The number of alkyl halides is 1.